The molecule has 13 radical (unpaired) electrons. The van der Waals surface area contributed by atoms with Gasteiger partial charge in [-0.3, -0.25) is 4.79 Å². The minimum atomic E-state index is -6.33. The molecule has 0 saturated carbocycles. The maximum absolute atomic E-state index is 12.1. The summed E-state index contributed by atoms with van der Waals surface area (Å²) in [6.07, 6.45) is 2.37. The number of nitrogens with zero attached hydrogens (tertiary/aromatic N) is 2. The first kappa shape index (κ1) is 59.4. The van der Waals surface area contributed by atoms with Gasteiger partial charge in [0.1, 0.15) is 0 Å². The van der Waals surface area contributed by atoms with Crippen molar-refractivity contribution in [3.05, 3.63) is 72.8 Å². The number of aromatic amines is 1. The van der Waals surface area contributed by atoms with Gasteiger partial charge in [-0.05, 0) is 97.0 Å². The van der Waals surface area contributed by atoms with Crippen LogP contribution in [0, 0.1) is 20.8 Å². The quantitative estimate of drug-likeness (QED) is 0.165. The van der Waals surface area contributed by atoms with Crippen LogP contribution in [-0.4, -0.2) is 150 Å². The SMILES string of the molecule is Cc1cc(=O)[nH]cc1Br.Cc1cc(OC(F)F)ncc1B1OC(C)(C)C(C)(C)O1.Cc1cc(OC(F)F)ncc1Br.O=C(O)C(F)(F)S(=O)(=O)F.[B][B]B([B])B(B([B])[B])B([B])[B]. The summed E-state index contributed by atoms with van der Waals surface area (Å²) < 4.78 is 122. The molecule has 1 saturated heterocycles. The largest absolute Gasteiger partial charge is 0.496 e. The number of rotatable bonds is 11. The van der Waals surface area contributed by atoms with E-state index in [4.69, 9.17) is 60.8 Å². The number of aryl methyl sites for hydroxylation is 3. The molecule has 1 aliphatic rings. The summed E-state index contributed by atoms with van der Waals surface area (Å²) in [6.45, 7) is 7.51. The Labute approximate surface area is 382 Å². The number of hydrogen-bond acceptors (Lipinski definition) is 10. The molecule has 34 heteroatoms. The maximum atomic E-state index is 12.1. The van der Waals surface area contributed by atoms with E-state index in [-0.39, 0.29) is 23.7 Å². The lowest BCUT2D eigenvalue weighted by atomic mass is 8.56. The van der Waals surface area contributed by atoms with Crippen LogP contribution >= 0.6 is 31.9 Å². The highest BCUT2D eigenvalue weighted by Gasteiger charge is 2.54. The number of H-pyrrole nitrogens is 1. The number of alkyl halides is 6. The van der Waals surface area contributed by atoms with Gasteiger partial charge in [-0.1, -0.05) is 3.89 Å². The van der Waals surface area contributed by atoms with Gasteiger partial charge in [-0.15, -0.1) is 0 Å². The first-order chi connectivity index (χ1) is 28.1. The number of halogens is 9. The van der Waals surface area contributed by atoms with Gasteiger partial charge < -0.3 is 28.9 Å². The lowest BCUT2D eigenvalue weighted by Gasteiger charge is -2.32. The Bertz CT molecular complexity index is 2050. The molecule has 0 amide bonds. The lowest BCUT2D eigenvalue weighted by molar-refractivity contribution is -0.154. The van der Waals surface area contributed by atoms with Gasteiger partial charge in [0.25, 0.3) is 0 Å². The van der Waals surface area contributed by atoms with Crippen LogP contribution in [0.3, 0.4) is 0 Å². The van der Waals surface area contributed by atoms with Crippen molar-refractivity contribution < 1.29 is 67.3 Å². The average Bonchev–Trinajstić information content (AvgIpc) is 3.33. The highest BCUT2D eigenvalue weighted by atomic mass is 79.9. The van der Waals surface area contributed by atoms with Crippen LogP contribution in [0.1, 0.15) is 44.4 Å². The molecule has 62 heavy (non-hydrogen) atoms. The van der Waals surface area contributed by atoms with E-state index in [0.29, 0.717) is 5.46 Å². The Kier molecular flexibility index (Phi) is 24.7. The lowest BCUT2D eigenvalue weighted by Crippen LogP contribution is -2.63. The number of pyridine rings is 3. The summed E-state index contributed by atoms with van der Waals surface area (Å²) in [5.41, 5.74) is 2.24. The molecule has 0 aliphatic carbocycles. The molecule has 4 rings (SSSR count). The summed E-state index contributed by atoms with van der Waals surface area (Å²) >= 11 is 6.45. The summed E-state index contributed by atoms with van der Waals surface area (Å²) in [6, 6.07) is 4.44. The predicted molar refractivity (Wildman–Crippen MR) is 240 cm³/mol. The molecule has 4 heterocycles. The van der Waals surface area contributed by atoms with Gasteiger partial charge in [0, 0.05) is 130 Å². The molecule has 3 aromatic heterocycles. The Morgan fingerprint density at radius 1 is 0.871 bits per heavy atom. The molecule has 317 valence electrons. The number of carboxylic acids is 1. The molecule has 0 aromatic carbocycles. The monoisotopic (exact) mass is 1010 g/mol. The topological polar surface area (TPSA) is 167 Å². The average molecular weight is 1010 g/mol. The van der Waals surface area contributed by atoms with Crippen LogP contribution in [0.25, 0.3) is 0 Å². The second-order valence-corrected chi connectivity index (χ2v) is 16.7. The molecule has 0 atom stereocenters. The van der Waals surface area contributed by atoms with E-state index in [2.05, 4.69) is 56.3 Å². The van der Waals surface area contributed by atoms with E-state index in [0.717, 1.165) is 25.6 Å². The summed E-state index contributed by atoms with van der Waals surface area (Å²) in [4.78, 5) is 29.9. The molecular formula is C28H31B12Br2F7N3O9S. The maximum Gasteiger partial charge on any atom is 0.496 e. The van der Waals surface area contributed by atoms with E-state index in [9.17, 15) is 48.2 Å². The van der Waals surface area contributed by atoms with Crippen LogP contribution in [0.5, 0.6) is 11.8 Å². The smallest absolute Gasteiger partial charge is 0.476 e. The third-order valence-electron chi connectivity index (χ3n) is 8.25. The van der Waals surface area contributed by atoms with Crippen molar-refractivity contribution in [2.24, 2.45) is 0 Å². The first-order valence-electron chi connectivity index (χ1n) is 17.2. The number of carbonyl (C=O) groups is 1. The van der Waals surface area contributed by atoms with Gasteiger partial charge in [0.2, 0.25) is 17.3 Å². The molecular weight excluding hydrogens is 977 g/mol. The van der Waals surface area contributed by atoms with E-state index in [1.165, 1.54) is 31.6 Å². The van der Waals surface area contributed by atoms with Crippen LogP contribution in [0.4, 0.5) is 30.2 Å². The van der Waals surface area contributed by atoms with Gasteiger partial charge in [-0.2, -0.15) is 34.8 Å². The number of nitrogens with one attached hydrogen (secondary N) is 1. The minimum absolute atomic E-state index is 0.0595. The van der Waals surface area contributed by atoms with E-state index < -0.39 is 72.1 Å². The van der Waals surface area contributed by atoms with Crippen LogP contribution in [0.15, 0.2) is 50.5 Å². The fraction of sp³-hybridized carbons (Fsp3) is 0.429. The van der Waals surface area contributed by atoms with Gasteiger partial charge >= 0.3 is 41.8 Å². The molecule has 0 spiro atoms. The van der Waals surface area contributed by atoms with Crippen molar-refractivity contribution in [3.63, 3.8) is 0 Å². The van der Waals surface area contributed by atoms with Gasteiger partial charge in [0.05, 0.1) is 11.2 Å². The molecule has 3 aromatic rings. The normalized spacial score (nSPS) is 13.6. The Hall–Kier alpha value is -2.56. The van der Waals surface area contributed by atoms with Crippen molar-refractivity contribution in [1.29, 1.82) is 0 Å². The highest BCUT2D eigenvalue weighted by Crippen LogP contribution is 2.36. The second kappa shape index (κ2) is 25.8. The highest BCUT2D eigenvalue weighted by molar-refractivity contribution is 9.10. The Balaban J connectivity index is 0.000000780. The van der Waals surface area contributed by atoms with E-state index >= 15 is 0 Å². The summed E-state index contributed by atoms with van der Waals surface area (Å²) in [5, 5.41) is 2.07. The number of hydrogen-bond donors (Lipinski definition) is 2. The number of aliphatic carboxylic acids is 1. The molecule has 12 nitrogen and oxygen atoms in total. The van der Waals surface area contributed by atoms with Crippen molar-refractivity contribution in [2.75, 3.05) is 0 Å². The van der Waals surface area contributed by atoms with Crippen LogP contribution in [0.2, 0.25) is 0 Å². The molecule has 0 unspecified atom stereocenters. The summed E-state index contributed by atoms with van der Waals surface area (Å²) in [5.74, 6) is -3.21. The zero-order chi connectivity index (χ0) is 48.7. The van der Waals surface area contributed by atoms with Gasteiger partial charge in [0.15, 0.2) is 0 Å². The molecule has 1 aliphatic heterocycles. The van der Waals surface area contributed by atoms with Crippen LogP contribution < -0.4 is 20.5 Å². The molecule has 2 N–H and O–H groups in total. The Morgan fingerprint density at radius 2 is 1.29 bits per heavy atom. The minimum Gasteiger partial charge on any atom is -0.476 e. The summed E-state index contributed by atoms with van der Waals surface area (Å²) in [7, 11) is 26.6. The van der Waals surface area contributed by atoms with E-state index in [1.54, 1.807) is 26.1 Å². The van der Waals surface area contributed by atoms with E-state index in [1.807, 2.05) is 34.6 Å². The van der Waals surface area contributed by atoms with Gasteiger partial charge in [-0.25, -0.2) is 14.8 Å². The standard InChI is InChI=1S/C13H18BF2NO3.C7H6BrF2NO.C6H6BrNO.C2HF3O4S.B11/c1-8-6-10(18-11(15)16)17-7-9(8)14-19-12(2,3)13(4,5)20-14;1-4-2-6(12-7(9)10)11-3-5(4)8;1-4-2-6(9)8-3-5(4)7;3-2(4,1(6)7)10(5,8)9;1-7-10(6)11(8(2)3)9(4)5/h6-7,11H,1-5H3;2-3,7H,1H3;2-3H,1H3,(H,8,9);(H,6,7);. The van der Waals surface area contributed by atoms with Crippen molar-refractivity contribution in [3.8, 4) is 11.8 Å². The predicted octanol–water partition coefficient (Wildman–Crippen LogP) is 2.26. The zero-order valence-electron chi connectivity index (χ0n) is 34.0. The van der Waals surface area contributed by atoms with Crippen molar-refractivity contribution >= 4 is 140 Å². The third-order valence-corrected chi connectivity index (χ3v) is 10.7. The van der Waals surface area contributed by atoms with Crippen LogP contribution in [-0.2, 0) is 24.3 Å². The zero-order valence-corrected chi connectivity index (χ0v) is 38.0. The number of carboxylic acid groups (broad SMARTS) is 1. The fourth-order valence-corrected chi connectivity index (χ4v) is 4.79. The number of ether oxygens (including phenoxy) is 2. The Morgan fingerprint density at radius 3 is 1.58 bits per heavy atom. The molecule has 1 fully saturated rings. The fourth-order valence-electron chi connectivity index (χ4n) is 4.14. The molecule has 0 bridgehead atoms. The van der Waals surface area contributed by atoms with Crippen molar-refractivity contribution in [2.45, 2.75) is 78.1 Å². The number of aromatic nitrogens is 3. The van der Waals surface area contributed by atoms with Crippen molar-refractivity contribution in [1.82, 2.24) is 15.0 Å². The first-order valence-corrected chi connectivity index (χ1v) is 20.2. The third kappa shape index (κ3) is 19.7. The second-order valence-electron chi connectivity index (χ2n) is 13.6.